The van der Waals surface area contributed by atoms with E-state index in [4.69, 9.17) is 4.74 Å². The Hall–Kier alpha value is -2.57. The Morgan fingerprint density at radius 2 is 1.57 bits per heavy atom. The summed E-state index contributed by atoms with van der Waals surface area (Å²) >= 11 is 0. The Labute approximate surface area is 178 Å². The van der Waals surface area contributed by atoms with E-state index < -0.39 is 10.0 Å². The molecule has 1 N–H and O–H groups in total. The number of rotatable bonds is 6. The second-order valence-electron chi connectivity index (χ2n) is 7.86. The van der Waals surface area contributed by atoms with Gasteiger partial charge in [0.15, 0.2) is 0 Å². The maximum absolute atomic E-state index is 13.0. The number of nitrogens with one attached hydrogen (secondary N) is 1. The number of methoxy groups -OCH3 is 1. The molecule has 158 valence electrons. The molecule has 3 aromatic carbocycles. The third-order valence-electron chi connectivity index (χ3n) is 5.78. The number of hydrogen-bond acceptors (Lipinski definition) is 4. The van der Waals surface area contributed by atoms with Crippen LogP contribution in [0.3, 0.4) is 0 Å². The highest BCUT2D eigenvalue weighted by Gasteiger charge is 2.19. The zero-order valence-electron chi connectivity index (χ0n) is 17.5. The first-order chi connectivity index (χ1) is 14.5. The van der Waals surface area contributed by atoms with Crippen molar-refractivity contribution < 1.29 is 13.2 Å². The summed E-state index contributed by atoms with van der Waals surface area (Å²) in [5, 5.41) is 1.80. The van der Waals surface area contributed by atoms with Crippen molar-refractivity contribution in [2.45, 2.75) is 37.1 Å². The summed E-state index contributed by atoms with van der Waals surface area (Å²) in [5.41, 5.74) is 2.16. The smallest absolute Gasteiger partial charge is 0.241 e. The minimum Gasteiger partial charge on any atom is -0.497 e. The molecule has 1 heterocycles. The summed E-state index contributed by atoms with van der Waals surface area (Å²) in [4.78, 5) is 2.66. The number of benzene rings is 3. The molecule has 4 rings (SSSR count). The Bertz CT molecular complexity index is 1120. The number of ether oxygens (including phenoxy) is 1. The van der Waals surface area contributed by atoms with Gasteiger partial charge in [-0.2, -0.15) is 0 Å². The van der Waals surface area contributed by atoms with E-state index in [9.17, 15) is 8.42 Å². The third kappa shape index (κ3) is 4.45. The first-order valence-corrected chi connectivity index (χ1v) is 11.9. The van der Waals surface area contributed by atoms with Gasteiger partial charge in [-0.05, 0) is 78.9 Å². The van der Waals surface area contributed by atoms with Crippen LogP contribution in [0.4, 0.5) is 5.69 Å². The van der Waals surface area contributed by atoms with Crippen LogP contribution in [0.2, 0.25) is 0 Å². The van der Waals surface area contributed by atoms with Gasteiger partial charge in [0.1, 0.15) is 5.75 Å². The van der Waals surface area contributed by atoms with Gasteiger partial charge in [0, 0.05) is 24.8 Å². The molecule has 0 aromatic heterocycles. The molecule has 1 atom stereocenters. The lowest BCUT2D eigenvalue weighted by atomic mass is 10.1. The number of anilines is 1. The van der Waals surface area contributed by atoms with Crippen LogP contribution in [0.1, 0.15) is 37.8 Å². The standard InChI is InChI=1S/C24H28N2O3S/c1-18(19-6-10-22(11-7-19)26-14-4-3-5-15-26)25-30(27,28)24-13-9-20-16-23(29-2)12-8-21(20)17-24/h6-13,16-18,25H,3-5,14-15H2,1-2H3/t18-/m1/s1. The Kier molecular flexibility index (Phi) is 5.97. The van der Waals surface area contributed by atoms with Gasteiger partial charge in [-0.25, -0.2) is 13.1 Å². The van der Waals surface area contributed by atoms with Gasteiger partial charge >= 0.3 is 0 Å². The van der Waals surface area contributed by atoms with Crippen molar-refractivity contribution in [1.82, 2.24) is 4.72 Å². The van der Waals surface area contributed by atoms with E-state index in [-0.39, 0.29) is 10.9 Å². The summed E-state index contributed by atoms with van der Waals surface area (Å²) in [5.74, 6) is 0.748. The van der Waals surface area contributed by atoms with Crippen molar-refractivity contribution in [1.29, 1.82) is 0 Å². The molecule has 0 unspecified atom stereocenters. The highest BCUT2D eigenvalue weighted by atomic mass is 32.2. The molecule has 1 aliphatic heterocycles. The highest BCUT2D eigenvalue weighted by molar-refractivity contribution is 7.89. The van der Waals surface area contributed by atoms with Crippen LogP contribution in [0.5, 0.6) is 5.75 Å². The summed E-state index contributed by atoms with van der Waals surface area (Å²) in [6.45, 7) is 4.06. The molecule has 1 saturated heterocycles. The van der Waals surface area contributed by atoms with E-state index in [2.05, 4.69) is 21.8 Å². The second kappa shape index (κ2) is 8.66. The molecule has 0 saturated carbocycles. The van der Waals surface area contributed by atoms with Crippen molar-refractivity contribution >= 4 is 26.5 Å². The van der Waals surface area contributed by atoms with E-state index in [1.54, 1.807) is 19.2 Å². The zero-order chi connectivity index (χ0) is 21.1. The zero-order valence-corrected chi connectivity index (χ0v) is 18.3. The fraction of sp³-hybridized carbons (Fsp3) is 0.333. The molecule has 1 aliphatic rings. The van der Waals surface area contributed by atoms with Crippen LogP contribution in [-0.4, -0.2) is 28.6 Å². The third-order valence-corrected chi connectivity index (χ3v) is 7.31. The highest BCUT2D eigenvalue weighted by Crippen LogP contribution is 2.26. The summed E-state index contributed by atoms with van der Waals surface area (Å²) in [6, 6.07) is 18.6. The normalized spacial score (nSPS) is 15.9. The van der Waals surface area contributed by atoms with Crippen molar-refractivity contribution in [3.8, 4) is 5.75 Å². The lowest BCUT2D eigenvalue weighted by molar-refractivity contribution is 0.415. The molecule has 1 fully saturated rings. The van der Waals surface area contributed by atoms with Crippen molar-refractivity contribution in [2.75, 3.05) is 25.1 Å². The van der Waals surface area contributed by atoms with Gasteiger partial charge in [-0.3, -0.25) is 0 Å². The molecule has 0 bridgehead atoms. The van der Waals surface area contributed by atoms with E-state index in [0.29, 0.717) is 0 Å². The molecular formula is C24H28N2O3S. The first-order valence-electron chi connectivity index (χ1n) is 10.4. The van der Waals surface area contributed by atoms with Crippen molar-refractivity contribution in [2.24, 2.45) is 0 Å². The summed E-state index contributed by atoms with van der Waals surface area (Å²) in [7, 11) is -2.02. The fourth-order valence-corrected chi connectivity index (χ4v) is 5.26. The first kappa shape index (κ1) is 20.7. The molecule has 0 aliphatic carbocycles. The maximum atomic E-state index is 13.0. The quantitative estimate of drug-likeness (QED) is 0.613. The molecule has 0 radical (unpaired) electrons. The van der Waals surface area contributed by atoms with Gasteiger partial charge in [0.2, 0.25) is 10.0 Å². The van der Waals surface area contributed by atoms with Crippen molar-refractivity contribution in [3.63, 3.8) is 0 Å². The van der Waals surface area contributed by atoms with Gasteiger partial charge < -0.3 is 9.64 Å². The van der Waals surface area contributed by atoms with Gasteiger partial charge in [0.05, 0.1) is 12.0 Å². The average molecular weight is 425 g/mol. The van der Waals surface area contributed by atoms with Gasteiger partial charge in [-0.15, -0.1) is 0 Å². The SMILES string of the molecule is COc1ccc2cc(S(=O)(=O)N[C@H](C)c3ccc(N4CCCCC4)cc3)ccc2c1. The Morgan fingerprint density at radius 1 is 0.900 bits per heavy atom. The van der Waals surface area contributed by atoms with E-state index in [0.717, 1.165) is 35.2 Å². The van der Waals surface area contributed by atoms with Crippen LogP contribution in [0.25, 0.3) is 10.8 Å². The maximum Gasteiger partial charge on any atom is 0.241 e. The molecule has 3 aromatic rings. The van der Waals surface area contributed by atoms with Gasteiger partial charge in [0.25, 0.3) is 0 Å². The number of fused-ring (bicyclic) bond motifs is 1. The number of hydrogen-bond donors (Lipinski definition) is 1. The van der Waals surface area contributed by atoms with Crippen LogP contribution in [0.15, 0.2) is 65.6 Å². The van der Waals surface area contributed by atoms with E-state index in [1.165, 1.54) is 24.9 Å². The summed E-state index contributed by atoms with van der Waals surface area (Å²) < 4.78 is 33.9. The lowest BCUT2D eigenvalue weighted by Crippen LogP contribution is -2.29. The fourth-order valence-electron chi connectivity index (χ4n) is 3.99. The van der Waals surface area contributed by atoms with Crippen LogP contribution in [0, 0.1) is 0 Å². The van der Waals surface area contributed by atoms with Crippen molar-refractivity contribution in [3.05, 3.63) is 66.2 Å². The second-order valence-corrected chi connectivity index (χ2v) is 9.57. The number of sulfonamides is 1. The summed E-state index contributed by atoms with van der Waals surface area (Å²) in [6.07, 6.45) is 3.77. The molecular weight excluding hydrogens is 396 g/mol. The average Bonchev–Trinajstić information content (AvgIpc) is 2.78. The van der Waals surface area contributed by atoms with Crippen LogP contribution in [-0.2, 0) is 10.0 Å². The predicted molar refractivity (Wildman–Crippen MR) is 122 cm³/mol. The number of piperidine rings is 1. The largest absolute Gasteiger partial charge is 0.497 e. The number of nitrogens with zero attached hydrogens (tertiary/aromatic N) is 1. The minimum absolute atomic E-state index is 0.261. The topological polar surface area (TPSA) is 58.6 Å². The monoisotopic (exact) mass is 424 g/mol. The van der Waals surface area contributed by atoms with Gasteiger partial charge in [-0.1, -0.05) is 24.3 Å². The molecule has 0 spiro atoms. The van der Waals surface area contributed by atoms with Crippen LogP contribution < -0.4 is 14.4 Å². The Morgan fingerprint density at radius 3 is 2.27 bits per heavy atom. The van der Waals surface area contributed by atoms with E-state index in [1.807, 2.05) is 43.3 Å². The molecule has 5 nitrogen and oxygen atoms in total. The molecule has 0 amide bonds. The lowest BCUT2D eigenvalue weighted by Gasteiger charge is -2.29. The van der Waals surface area contributed by atoms with Crippen LogP contribution >= 0.6 is 0 Å². The predicted octanol–water partition coefficient (Wildman–Crippen LogP) is 4.88. The molecule has 30 heavy (non-hydrogen) atoms. The Balaban J connectivity index is 1.50. The van der Waals surface area contributed by atoms with E-state index >= 15 is 0 Å². The minimum atomic E-state index is -3.64. The molecule has 6 heteroatoms.